The van der Waals surface area contributed by atoms with Crippen LogP contribution < -0.4 is 0 Å². The van der Waals surface area contributed by atoms with Gasteiger partial charge in [0.1, 0.15) is 9.71 Å². The van der Waals surface area contributed by atoms with Crippen molar-refractivity contribution < 1.29 is 19.8 Å². The molecule has 0 amide bonds. The second-order valence-electron chi connectivity index (χ2n) is 4.30. The average Bonchev–Trinajstić information content (AvgIpc) is 3.01. The second kappa shape index (κ2) is 5.27. The van der Waals surface area contributed by atoms with Crippen LogP contribution in [0.25, 0.3) is 20.7 Å². The standard InChI is InChI=1S/C14H9NO4S2/c16-10(17)6-7-3-4-9(20-7)11-8-2-1-5-15-13(8)21-12(11)14(18)19/h1-5H,6H2,(H,16,17)(H,18,19). The summed E-state index contributed by atoms with van der Waals surface area (Å²) < 4.78 is 0. The molecular weight excluding hydrogens is 310 g/mol. The van der Waals surface area contributed by atoms with Gasteiger partial charge in [-0.05, 0) is 24.3 Å². The Morgan fingerprint density at radius 1 is 1.14 bits per heavy atom. The van der Waals surface area contributed by atoms with Crippen molar-refractivity contribution in [2.75, 3.05) is 0 Å². The maximum atomic E-state index is 11.4. The third kappa shape index (κ3) is 2.53. The van der Waals surface area contributed by atoms with Crippen molar-refractivity contribution in [1.82, 2.24) is 4.98 Å². The highest BCUT2D eigenvalue weighted by atomic mass is 32.1. The average molecular weight is 319 g/mol. The van der Waals surface area contributed by atoms with Crippen LogP contribution in [0, 0.1) is 0 Å². The second-order valence-corrected chi connectivity index (χ2v) is 6.47. The highest BCUT2D eigenvalue weighted by Gasteiger charge is 2.21. The molecule has 0 saturated carbocycles. The van der Waals surface area contributed by atoms with Gasteiger partial charge in [0.25, 0.3) is 0 Å². The molecule has 0 aliphatic heterocycles. The minimum atomic E-state index is -0.999. The maximum Gasteiger partial charge on any atom is 0.346 e. The van der Waals surface area contributed by atoms with Crippen LogP contribution in [0.4, 0.5) is 0 Å². The number of aliphatic carboxylic acids is 1. The van der Waals surface area contributed by atoms with E-state index in [1.807, 2.05) is 6.07 Å². The van der Waals surface area contributed by atoms with Gasteiger partial charge >= 0.3 is 11.9 Å². The smallest absolute Gasteiger partial charge is 0.346 e. The Hall–Kier alpha value is -2.25. The zero-order valence-corrected chi connectivity index (χ0v) is 12.2. The van der Waals surface area contributed by atoms with E-state index in [0.717, 1.165) is 21.6 Å². The predicted octanol–water partition coefficient (Wildman–Crippen LogP) is 3.35. The Labute approximate surface area is 127 Å². The third-order valence-electron chi connectivity index (χ3n) is 2.89. The first kappa shape index (κ1) is 13.7. The summed E-state index contributed by atoms with van der Waals surface area (Å²) in [5.41, 5.74) is 0.622. The van der Waals surface area contributed by atoms with E-state index in [9.17, 15) is 14.7 Å². The van der Waals surface area contributed by atoms with E-state index >= 15 is 0 Å². The molecule has 0 atom stereocenters. The fraction of sp³-hybridized carbons (Fsp3) is 0.0714. The van der Waals surface area contributed by atoms with E-state index in [1.165, 1.54) is 11.3 Å². The van der Waals surface area contributed by atoms with Gasteiger partial charge in [-0.15, -0.1) is 22.7 Å². The molecule has 2 N–H and O–H groups in total. The minimum absolute atomic E-state index is 0.0621. The highest BCUT2D eigenvalue weighted by Crippen LogP contribution is 2.40. The number of pyridine rings is 1. The molecule has 3 heterocycles. The van der Waals surface area contributed by atoms with Crippen molar-refractivity contribution in [3.63, 3.8) is 0 Å². The summed E-state index contributed by atoms with van der Waals surface area (Å²) in [6.07, 6.45) is 1.56. The van der Waals surface area contributed by atoms with Crippen LogP contribution in [0.1, 0.15) is 14.5 Å². The lowest BCUT2D eigenvalue weighted by atomic mass is 10.1. The Morgan fingerprint density at radius 3 is 2.67 bits per heavy atom. The first-order valence-electron chi connectivity index (χ1n) is 5.98. The van der Waals surface area contributed by atoms with Crippen LogP contribution in [0.2, 0.25) is 0 Å². The topological polar surface area (TPSA) is 87.5 Å². The van der Waals surface area contributed by atoms with E-state index < -0.39 is 11.9 Å². The SMILES string of the molecule is O=C(O)Cc1ccc(-c2c(C(=O)O)sc3ncccc23)s1. The number of aromatic nitrogens is 1. The molecule has 0 spiro atoms. The van der Waals surface area contributed by atoms with Gasteiger partial charge < -0.3 is 10.2 Å². The van der Waals surface area contributed by atoms with Crippen molar-refractivity contribution in [3.05, 3.63) is 40.2 Å². The lowest BCUT2D eigenvalue weighted by Gasteiger charge is -1.98. The van der Waals surface area contributed by atoms with Crippen molar-refractivity contribution in [2.24, 2.45) is 0 Å². The summed E-state index contributed by atoms with van der Waals surface area (Å²) in [6.45, 7) is 0. The van der Waals surface area contributed by atoms with E-state index in [4.69, 9.17) is 5.11 Å². The van der Waals surface area contributed by atoms with Gasteiger partial charge in [-0.2, -0.15) is 0 Å². The van der Waals surface area contributed by atoms with E-state index in [1.54, 1.807) is 24.4 Å². The predicted molar refractivity (Wildman–Crippen MR) is 81.2 cm³/mol. The summed E-state index contributed by atoms with van der Waals surface area (Å²) in [5, 5.41) is 19.0. The number of carboxylic acids is 2. The lowest BCUT2D eigenvalue weighted by molar-refractivity contribution is -0.136. The molecule has 0 saturated heterocycles. The molecular formula is C14H9NO4S2. The van der Waals surface area contributed by atoms with Crippen LogP contribution >= 0.6 is 22.7 Å². The maximum absolute atomic E-state index is 11.4. The monoisotopic (exact) mass is 319 g/mol. The number of aromatic carboxylic acids is 1. The van der Waals surface area contributed by atoms with Gasteiger partial charge in [-0.1, -0.05) is 0 Å². The van der Waals surface area contributed by atoms with E-state index in [-0.39, 0.29) is 11.3 Å². The summed E-state index contributed by atoms with van der Waals surface area (Å²) in [4.78, 5) is 28.7. The minimum Gasteiger partial charge on any atom is -0.481 e. The molecule has 0 fully saturated rings. The quantitative estimate of drug-likeness (QED) is 0.770. The molecule has 3 rings (SSSR count). The molecule has 7 heteroatoms. The van der Waals surface area contributed by atoms with Crippen molar-refractivity contribution in [1.29, 1.82) is 0 Å². The van der Waals surface area contributed by atoms with Gasteiger partial charge in [-0.25, -0.2) is 9.78 Å². The summed E-state index contributed by atoms with van der Waals surface area (Å²) in [6, 6.07) is 7.08. The van der Waals surface area contributed by atoms with Crippen LogP contribution in [-0.4, -0.2) is 27.1 Å². The lowest BCUT2D eigenvalue weighted by Crippen LogP contribution is -1.97. The Morgan fingerprint density at radius 2 is 1.95 bits per heavy atom. The van der Waals surface area contributed by atoms with Gasteiger partial charge in [0.2, 0.25) is 0 Å². The van der Waals surface area contributed by atoms with Crippen LogP contribution in [0.3, 0.4) is 0 Å². The number of rotatable bonds is 4. The molecule has 0 bridgehead atoms. The van der Waals surface area contributed by atoms with Crippen molar-refractivity contribution in [2.45, 2.75) is 6.42 Å². The van der Waals surface area contributed by atoms with Crippen LogP contribution in [0.5, 0.6) is 0 Å². The molecule has 0 aromatic carbocycles. The Bertz CT molecular complexity index is 850. The third-order valence-corrected chi connectivity index (χ3v) is 5.10. The van der Waals surface area contributed by atoms with E-state index in [2.05, 4.69) is 4.98 Å². The zero-order chi connectivity index (χ0) is 15.0. The first-order valence-corrected chi connectivity index (χ1v) is 7.61. The zero-order valence-electron chi connectivity index (χ0n) is 10.6. The largest absolute Gasteiger partial charge is 0.481 e. The number of carbonyl (C=O) groups is 2. The molecule has 3 aromatic rings. The highest BCUT2D eigenvalue weighted by molar-refractivity contribution is 7.22. The molecule has 21 heavy (non-hydrogen) atoms. The first-order chi connectivity index (χ1) is 10.1. The fourth-order valence-electron chi connectivity index (χ4n) is 2.08. The van der Waals surface area contributed by atoms with Gasteiger partial charge in [0, 0.05) is 26.9 Å². The van der Waals surface area contributed by atoms with Gasteiger partial charge in [0.15, 0.2) is 0 Å². The number of hydrogen-bond acceptors (Lipinski definition) is 5. The number of fused-ring (bicyclic) bond motifs is 1. The number of thiophene rings is 2. The Balaban J connectivity index is 2.18. The van der Waals surface area contributed by atoms with Gasteiger partial charge in [0.05, 0.1) is 6.42 Å². The molecule has 0 radical (unpaired) electrons. The summed E-state index contributed by atoms with van der Waals surface area (Å²) in [5.74, 6) is -1.90. The summed E-state index contributed by atoms with van der Waals surface area (Å²) in [7, 11) is 0. The van der Waals surface area contributed by atoms with Crippen molar-refractivity contribution in [3.8, 4) is 10.4 Å². The molecule has 3 aromatic heterocycles. The normalized spacial score (nSPS) is 10.9. The molecule has 106 valence electrons. The summed E-state index contributed by atoms with van der Waals surface area (Å²) >= 11 is 2.43. The molecule has 0 aliphatic carbocycles. The Kier molecular flexibility index (Phi) is 3.44. The van der Waals surface area contributed by atoms with Crippen molar-refractivity contribution >= 4 is 44.8 Å². The molecule has 0 unspecified atom stereocenters. The van der Waals surface area contributed by atoms with Crippen LogP contribution in [-0.2, 0) is 11.2 Å². The molecule has 0 aliphatic rings. The number of carboxylic acid groups (broad SMARTS) is 2. The van der Waals surface area contributed by atoms with E-state index in [0.29, 0.717) is 15.3 Å². The molecule has 5 nitrogen and oxygen atoms in total. The number of nitrogens with zero attached hydrogens (tertiary/aromatic N) is 1. The fourth-order valence-corrected chi connectivity index (χ4v) is 4.21. The number of hydrogen-bond donors (Lipinski definition) is 2. The van der Waals surface area contributed by atoms with Gasteiger partial charge in [-0.3, -0.25) is 4.79 Å². The van der Waals surface area contributed by atoms with Crippen LogP contribution in [0.15, 0.2) is 30.5 Å².